The third kappa shape index (κ3) is 3.18. The van der Waals surface area contributed by atoms with Crippen molar-refractivity contribution in [1.82, 2.24) is 15.0 Å². The highest BCUT2D eigenvalue weighted by atomic mass is 16.4. The fourth-order valence-corrected chi connectivity index (χ4v) is 2.32. The van der Waals surface area contributed by atoms with Crippen molar-refractivity contribution in [2.45, 2.75) is 12.8 Å². The molecule has 7 nitrogen and oxygen atoms in total. The van der Waals surface area contributed by atoms with Gasteiger partial charge in [0.25, 0.3) is 5.56 Å². The first kappa shape index (κ1) is 14.7. The Morgan fingerprint density at radius 2 is 1.87 bits per heavy atom. The lowest BCUT2D eigenvalue weighted by molar-refractivity contribution is 0.0697. The van der Waals surface area contributed by atoms with Crippen LogP contribution in [0.1, 0.15) is 21.5 Å². The number of nitrogens with two attached hydrogens (primary N) is 1. The van der Waals surface area contributed by atoms with Crippen LogP contribution in [-0.4, -0.2) is 26.0 Å². The molecule has 7 heteroatoms. The summed E-state index contributed by atoms with van der Waals surface area (Å²) < 4.78 is 0. The fraction of sp³-hybridized carbons (Fsp3) is 0.125. The van der Waals surface area contributed by atoms with Crippen molar-refractivity contribution < 1.29 is 9.90 Å². The summed E-state index contributed by atoms with van der Waals surface area (Å²) in [4.78, 5) is 33.3. The monoisotopic (exact) mass is 310 g/mol. The summed E-state index contributed by atoms with van der Waals surface area (Å²) in [5.41, 5.74) is 7.66. The van der Waals surface area contributed by atoms with E-state index in [0.717, 1.165) is 11.1 Å². The van der Waals surface area contributed by atoms with Gasteiger partial charge in [-0.1, -0.05) is 12.1 Å². The van der Waals surface area contributed by atoms with Gasteiger partial charge in [-0.3, -0.25) is 9.78 Å². The Bertz CT molecular complexity index is 932. The highest BCUT2D eigenvalue weighted by Gasteiger charge is 2.06. The number of aryl methyl sites for hydroxylation is 2. The maximum Gasteiger partial charge on any atom is 0.335 e. The summed E-state index contributed by atoms with van der Waals surface area (Å²) in [5.74, 6) is -0.900. The number of anilines is 1. The lowest BCUT2D eigenvalue weighted by atomic mass is 10.0. The molecule has 23 heavy (non-hydrogen) atoms. The molecule has 0 unspecified atom stereocenters. The van der Waals surface area contributed by atoms with Crippen molar-refractivity contribution in [2.24, 2.45) is 0 Å². The number of nitrogen functional groups attached to an aromatic ring is 1. The van der Waals surface area contributed by atoms with Crippen LogP contribution in [0.15, 0.2) is 41.3 Å². The van der Waals surface area contributed by atoms with Gasteiger partial charge >= 0.3 is 5.97 Å². The van der Waals surface area contributed by atoms with Crippen molar-refractivity contribution in [3.63, 3.8) is 0 Å². The number of aromatic carboxylic acids is 1. The number of pyridine rings is 1. The number of hydrogen-bond donors (Lipinski definition) is 3. The summed E-state index contributed by atoms with van der Waals surface area (Å²) in [7, 11) is 0. The van der Waals surface area contributed by atoms with Crippen LogP contribution in [0.25, 0.3) is 11.0 Å². The lowest BCUT2D eigenvalue weighted by Crippen LogP contribution is -2.12. The Balaban J connectivity index is 1.79. The van der Waals surface area contributed by atoms with E-state index in [1.54, 1.807) is 36.5 Å². The highest BCUT2D eigenvalue weighted by Crippen LogP contribution is 2.12. The van der Waals surface area contributed by atoms with E-state index < -0.39 is 5.97 Å². The number of nitrogens with one attached hydrogen (secondary N) is 1. The number of H-pyrrole nitrogens is 1. The fourth-order valence-electron chi connectivity index (χ4n) is 2.32. The van der Waals surface area contributed by atoms with E-state index in [9.17, 15) is 9.59 Å². The molecule has 2 aromatic heterocycles. The van der Waals surface area contributed by atoms with Crippen LogP contribution >= 0.6 is 0 Å². The van der Waals surface area contributed by atoms with Crippen LogP contribution in [0, 0.1) is 0 Å². The molecule has 0 aliphatic heterocycles. The number of nitrogens with zero attached hydrogens (tertiary/aromatic N) is 2. The Labute approximate surface area is 130 Å². The number of fused-ring (bicyclic) bond motifs is 1. The lowest BCUT2D eigenvalue weighted by Gasteiger charge is -2.04. The minimum Gasteiger partial charge on any atom is -0.478 e. The molecule has 0 radical (unpaired) electrons. The number of carbonyl (C=O) groups is 1. The minimum absolute atomic E-state index is 0.0428. The van der Waals surface area contributed by atoms with Gasteiger partial charge in [0.05, 0.1) is 10.9 Å². The molecule has 0 amide bonds. The molecule has 116 valence electrons. The van der Waals surface area contributed by atoms with Crippen molar-refractivity contribution >= 4 is 23.0 Å². The molecule has 1 aromatic carbocycles. The zero-order valence-corrected chi connectivity index (χ0v) is 12.1. The highest BCUT2D eigenvalue weighted by molar-refractivity contribution is 5.87. The molecule has 0 bridgehead atoms. The van der Waals surface area contributed by atoms with Gasteiger partial charge in [0.2, 0.25) is 5.95 Å². The number of carboxylic acids is 1. The van der Waals surface area contributed by atoms with Crippen molar-refractivity contribution in [1.29, 1.82) is 0 Å². The van der Waals surface area contributed by atoms with Crippen LogP contribution in [-0.2, 0) is 12.8 Å². The average Bonchev–Trinajstić information content (AvgIpc) is 2.53. The SMILES string of the molecule is Nc1nc2ncc(CCc3ccc(C(=O)O)cc3)cc2c(=O)[nH]1. The molecule has 4 N–H and O–H groups in total. The Morgan fingerprint density at radius 3 is 2.57 bits per heavy atom. The Hall–Kier alpha value is -3.22. The normalized spacial score (nSPS) is 10.8. The third-order valence-electron chi connectivity index (χ3n) is 3.54. The van der Waals surface area contributed by atoms with Gasteiger partial charge in [0.15, 0.2) is 5.65 Å². The predicted octanol–water partition coefficient (Wildman–Crippen LogP) is 1.38. The summed E-state index contributed by atoms with van der Waals surface area (Å²) in [6.45, 7) is 0. The van der Waals surface area contributed by atoms with E-state index in [0.29, 0.717) is 23.9 Å². The van der Waals surface area contributed by atoms with Crippen molar-refractivity contribution in [3.8, 4) is 0 Å². The maximum absolute atomic E-state index is 11.9. The summed E-state index contributed by atoms with van der Waals surface area (Å²) in [5, 5.41) is 9.27. The van der Waals surface area contributed by atoms with Gasteiger partial charge in [0, 0.05) is 6.20 Å². The van der Waals surface area contributed by atoms with Crippen LogP contribution in [0.4, 0.5) is 5.95 Å². The van der Waals surface area contributed by atoms with E-state index in [1.807, 2.05) is 0 Å². The molecule has 2 heterocycles. The summed E-state index contributed by atoms with van der Waals surface area (Å²) in [6.07, 6.45) is 3.06. The number of rotatable bonds is 4. The Kier molecular flexibility index (Phi) is 3.76. The zero-order chi connectivity index (χ0) is 16.4. The van der Waals surface area contributed by atoms with Crippen molar-refractivity contribution in [2.75, 3.05) is 5.73 Å². The largest absolute Gasteiger partial charge is 0.478 e. The predicted molar refractivity (Wildman–Crippen MR) is 85.4 cm³/mol. The maximum atomic E-state index is 11.9. The van der Waals surface area contributed by atoms with Crippen LogP contribution in [0.2, 0.25) is 0 Å². The van der Waals surface area contributed by atoms with Gasteiger partial charge in [0.1, 0.15) is 0 Å². The molecule has 0 aliphatic rings. The summed E-state index contributed by atoms with van der Waals surface area (Å²) >= 11 is 0. The van der Waals surface area contributed by atoms with Gasteiger partial charge < -0.3 is 10.8 Å². The topological polar surface area (TPSA) is 122 Å². The van der Waals surface area contributed by atoms with Gasteiger partial charge in [-0.15, -0.1) is 0 Å². The summed E-state index contributed by atoms with van der Waals surface area (Å²) in [6, 6.07) is 8.47. The van der Waals surface area contributed by atoms with E-state index in [4.69, 9.17) is 10.8 Å². The van der Waals surface area contributed by atoms with Crippen LogP contribution in [0.5, 0.6) is 0 Å². The van der Waals surface area contributed by atoms with E-state index in [2.05, 4.69) is 15.0 Å². The molecule has 0 saturated carbocycles. The van der Waals surface area contributed by atoms with Crippen LogP contribution < -0.4 is 11.3 Å². The molecule has 3 aromatic rings. The number of benzene rings is 1. The first-order valence-corrected chi connectivity index (χ1v) is 6.99. The first-order chi connectivity index (χ1) is 11.0. The van der Waals surface area contributed by atoms with E-state index in [1.165, 1.54) is 0 Å². The van der Waals surface area contributed by atoms with Gasteiger partial charge in [-0.25, -0.2) is 9.78 Å². The number of aromatic nitrogens is 3. The van der Waals surface area contributed by atoms with Gasteiger partial charge in [-0.05, 0) is 42.2 Å². The first-order valence-electron chi connectivity index (χ1n) is 6.99. The van der Waals surface area contributed by atoms with Crippen molar-refractivity contribution in [3.05, 3.63) is 63.6 Å². The number of hydrogen-bond acceptors (Lipinski definition) is 5. The number of aromatic amines is 1. The molecule has 3 rings (SSSR count). The van der Waals surface area contributed by atoms with Crippen LogP contribution in [0.3, 0.4) is 0 Å². The van der Waals surface area contributed by atoms with E-state index >= 15 is 0 Å². The molecule has 0 aliphatic carbocycles. The second-order valence-corrected chi connectivity index (χ2v) is 5.17. The molecular formula is C16H14N4O3. The third-order valence-corrected chi connectivity index (χ3v) is 3.54. The second-order valence-electron chi connectivity index (χ2n) is 5.17. The molecule has 0 atom stereocenters. The van der Waals surface area contributed by atoms with E-state index in [-0.39, 0.29) is 17.1 Å². The average molecular weight is 310 g/mol. The Morgan fingerprint density at radius 1 is 1.17 bits per heavy atom. The smallest absolute Gasteiger partial charge is 0.335 e. The standard InChI is InChI=1S/C16H14N4O3/c17-16-19-13-12(14(21)20-16)7-10(8-18-13)2-1-9-3-5-11(6-4-9)15(22)23/h3-8H,1-2H2,(H,22,23)(H3,17,18,19,20,21). The molecule has 0 fully saturated rings. The molecule has 0 spiro atoms. The molecule has 0 saturated heterocycles. The number of carboxylic acid groups (broad SMARTS) is 1. The van der Waals surface area contributed by atoms with Gasteiger partial charge in [-0.2, -0.15) is 4.98 Å². The second kappa shape index (κ2) is 5.88. The quantitative estimate of drug-likeness (QED) is 0.669. The minimum atomic E-state index is -0.943. The molecular weight excluding hydrogens is 296 g/mol. The zero-order valence-electron chi connectivity index (χ0n) is 12.1.